The standard InChI is InChI=1S/C7H11ClO4/c1-6(2)7(3,12-11-6)4-10-5(8)9/h4H2,1-3H3. The molecule has 1 heterocycles. The molecule has 0 aromatic rings. The maximum absolute atomic E-state index is 10.3. The van der Waals surface area contributed by atoms with Gasteiger partial charge in [0.05, 0.1) is 0 Å². The number of rotatable bonds is 2. The Balaban J connectivity index is 2.46. The Labute approximate surface area is 75.7 Å². The van der Waals surface area contributed by atoms with Crippen LogP contribution in [0.2, 0.25) is 0 Å². The van der Waals surface area contributed by atoms with Gasteiger partial charge in [0.2, 0.25) is 0 Å². The summed E-state index contributed by atoms with van der Waals surface area (Å²) in [6, 6.07) is 0. The van der Waals surface area contributed by atoms with Crippen LogP contribution in [0.3, 0.4) is 0 Å². The van der Waals surface area contributed by atoms with Gasteiger partial charge in [0.15, 0.2) is 5.60 Å². The average Bonchev–Trinajstić information content (AvgIpc) is 1.98. The monoisotopic (exact) mass is 194 g/mol. The first-order valence-electron chi connectivity index (χ1n) is 3.56. The minimum absolute atomic E-state index is 0.0995. The lowest BCUT2D eigenvalue weighted by Gasteiger charge is -2.49. The highest BCUT2D eigenvalue weighted by atomic mass is 35.5. The number of ether oxygens (including phenoxy) is 1. The van der Waals surface area contributed by atoms with Gasteiger partial charge in [-0.05, 0) is 20.8 Å². The Bertz CT molecular complexity index is 204. The highest BCUT2D eigenvalue weighted by molar-refractivity contribution is 6.61. The Morgan fingerprint density at radius 2 is 2.00 bits per heavy atom. The molecule has 0 radical (unpaired) electrons. The van der Waals surface area contributed by atoms with Gasteiger partial charge in [-0.25, -0.2) is 14.6 Å². The summed E-state index contributed by atoms with van der Waals surface area (Å²) < 4.78 is 4.61. The van der Waals surface area contributed by atoms with E-state index in [0.717, 1.165) is 0 Å². The van der Waals surface area contributed by atoms with Gasteiger partial charge >= 0.3 is 5.43 Å². The van der Waals surface area contributed by atoms with E-state index in [-0.39, 0.29) is 6.61 Å². The molecule has 0 bridgehead atoms. The molecule has 0 spiro atoms. The van der Waals surface area contributed by atoms with Crippen LogP contribution in [-0.2, 0) is 14.5 Å². The van der Waals surface area contributed by atoms with Crippen molar-refractivity contribution in [2.75, 3.05) is 6.61 Å². The van der Waals surface area contributed by atoms with E-state index in [2.05, 4.69) is 4.74 Å². The van der Waals surface area contributed by atoms with Crippen molar-refractivity contribution >= 4 is 17.0 Å². The fraction of sp³-hybridized carbons (Fsp3) is 0.857. The molecule has 1 saturated heterocycles. The van der Waals surface area contributed by atoms with Crippen molar-refractivity contribution in [3.05, 3.63) is 0 Å². The van der Waals surface area contributed by atoms with Crippen molar-refractivity contribution in [1.82, 2.24) is 0 Å². The highest BCUT2D eigenvalue weighted by Gasteiger charge is 2.55. The number of carbonyl (C=O) groups excluding carboxylic acids is 1. The van der Waals surface area contributed by atoms with E-state index in [1.54, 1.807) is 6.92 Å². The van der Waals surface area contributed by atoms with Crippen molar-refractivity contribution in [1.29, 1.82) is 0 Å². The Kier molecular flexibility index (Phi) is 2.33. The third kappa shape index (κ3) is 1.55. The molecular formula is C7H11ClO4. The molecule has 0 aromatic heterocycles. The van der Waals surface area contributed by atoms with E-state index >= 15 is 0 Å². The second-order valence-corrected chi connectivity index (χ2v) is 3.74. The number of hydrogen-bond donors (Lipinski definition) is 0. The molecule has 12 heavy (non-hydrogen) atoms. The van der Waals surface area contributed by atoms with E-state index in [0.29, 0.717) is 0 Å². The zero-order valence-corrected chi connectivity index (χ0v) is 7.97. The van der Waals surface area contributed by atoms with Gasteiger partial charge < -0.3 is 4.74 Å². The van der Waals surface area contributed by atoms with Gasteiger partial charge in [0, 0.05) is 11.6 Å². The molecular weight excluding hydrogens is 184 g/mol. The molecule has 1 atom stereocenters. The Morgan fingerprint density at radius 1 is 1.42 bits per heavy atom. The molecule has 1 unspecified atom stereocenters. The number of halogens is 1. The molecule has 70 valence electrons. The molecule has 5 heteroatoms. The molecule has 1 fully saturated rings. The Morgan fingerprint density at radius 3 is 2.25 bits per heavy atom. The van der Waals surface area contributed by atoms with Gasteiger partial charge in [0.25, 0.3) is 0 Å². The van der Waals surface area contributed by atoms with Crippen molar-refractivity contribution in [3.63, 3.8) is 0 Å². The van der Waals surface area contributed by atoms with Gasteiger partial charge in [-0.3, -0.25) is 0 Å². The van der Waals surface area contributed by atoms with Crippen LogP contribution in [0.1, 0.15) is 20.8 Å². The maximum Gasteiger partial charge on any atom is 0.403 e. The lowest BCUT2D eigenvalue weighted by molar-refractivity contribution is -0.543. The van der Waals surface area contributed by atoms with Gasteiger partial charge in [0.1, 0.15) is 12.2 Å². The molecule has 0 aliphatic carbocycles. The van der Waals surface area contributed by atoms with Crippen LogP contribution >= 0.6 is 11.6 Å². The van der Waals surface area contributed by atoms with E-state index in [9.17, 15) is 4.79 Å². The lowest BCUT2D eigenvalue weighted by Crippen LogP contribution is -2.64. The van der Waals surface area contributed by atoms with Crippen LogP contribution in [0.4, 0.5) is 4.79 Å². The first-order chi connectivity index (χ1) is 5.37. The molecule has 1 aliphatic rings. The van der Waals surface area contributed by atoms with Gasteiger partial charge in [-0.2, -0.15) is 0 Å². The maximum atomic E-state index is 10.3. The van der Waals surface area contributed by atoms with E-state index in [4.69, 9.17) is 21.4 Å². The van der Waals surface area contributed by atoms with Crippen LogP contribution in [-0.4, -0.2) is 23.2 Å². The fourth-order valence-electron chi connectivity index (χ4n) is 0.743. The van der Waals surface area contributed by atoms with E-state index < -0.39 is 16.6 Å². The summed E-state index contributed by atoms with van der Waals surface area (Å²) in [7, 11) is 0. The summed E-state index contributed by atoms with van der Waals surface area (Å²) in [6.07, 6.45) is 0. The summed E-state index contributed by atoms with van der Waals surface area (Å²) in [5.74, 6) is 0. The molecule has 1 aliphatic heterocycles. The summed E-state index contributed by atoms with van der Waals surface area (Å²) in [5.41, 5.74) is -1.88. The molecule has 4 nitrogen and oxygen atoms in total. The Hall–Kier alpha value is -0.320. The number of carbonyl (C=O) groups is 1. The first-order valence-corrected chi connectivity index (χ1v) is 3.94. The van der Waals surface area contributed by atoms with Crippen LogP contribution in [0.25, 0.3) is 0 Å². The molecule has 0 amide bonds. The second-order valence-electron chi connectivity index (χ2n) is 3.43. The van der Waals surface area contributed by atoms with E-state index in [1.807, 2.05) is 13.8 Å². The smallest absolute Gasteiger partial charge is 0.403 e. The normalized spacial score (nSPS) is 32.3. The van der Waals surface area contributed by atoms with Crippen molar-refractivity contribution in [2.24, 2.45) is 0 Å². The van der Waals surface area contributed by atoms with Crippen LogP contribution in [0.5, 0.6) is 0 Å². The van der Waals surface area contributed by atoms with Crippen LogP contribution < -0.4 is 0 Å². The zero-order chi connectivity index (χ0) is 9.41. The van der Waals surface area contributed by atoms with E-state index in [1.165, 1.54) is 0 Å². The quantitative estimate of drug-likeness (QED) is 0.497. The van der Waals surface area contributed by atoms with Crippen molar-refractivity contribution in [3.8, 4) is 0 Å². The third-order valence-electron chi connectivity index (χ3n) is 2.17. The largest absolute Gasteiger partial charge is 0.450 e. The molecule has 0 saturated carbocycles. The highest BCUT2D eigenvalue weighted by Crippen LogP contribution is 2.40. The minimum Gasteiger partial charge on any atom is -0.450 e. The number of hydrogen-bond acceptors (Lipinski definition) is 4. The van der Waals surface area contributed by atoms with Crippen LogP contribution in [0.15, 0.2) is 0 Å². The molecule has 0 aromatic carbocycles. The first kappa shape index (κ1) is 9.77. The predicted octanol–water partition coefficient (Wildman–Crippen LogP) is 1.86. The van der Waals surface area contributed by atoms with Crippen molar-refractivity contribution in [2.45, 2.75) is 32.0 Å². The zero-order valence-electron chi connectivity index (χ0n) is 7.22. The van der Waals surface area contributed by atoms with Crippen LogP contribution in [0, 0.1) is 0 Å². The lowest BCUT2D eigenvalue weighted by atomic mass is 9.86. The fourth-order valence-corrected chi connectivity index (χ4v) is 0.797. The average molecular weight is 195 g/mol. The molecule has 1 rings (SSSR count). The second kappa shape index (κ2) is 2.87. The summed E-state index contributed by atoms with van der Waals surface area (Å²) in [5, 5.41) is 0. The van der Waals surface area contributed by atoms with Gasteiger partial charge in [-0.15, -0.1) is 0 Å². The summed E-state index contributed by atoms with van der Waals surface area (Å²) in [4.78, 5) is 20.0. The molecule has 0 N–H and O–H groups in total. The summed E-state index contributed by atoms with van der Waals surface area (Å²) in [6.45, 7) is 5.58. The topological polar surface area (TPSA) is 44.8 Å². The third-order valence-corrected chi connectivity index (χ3v) is 2.28. The SMILES string of the molecule is CC1(C)OOC1(C)COC(=O)Cl. The minimum atomic E-state index is -0.831. The summed E-state index contributed by atoms with van der Waals surface area (Å²) >= 11 is 5.00. The van der Waals surface area contributed by atoms with Crippen molar-refractivity contribution < 1.29 is 19.3 Å². The predicted molar refractivity (Wildman–Crippen MR) is 41.9 cm³/mol. The van der Waals surface area contributed by atoms with Gasteiger partial charge in [-0.1, -0.05) is 0 Å².